The van der Waals surface area contributed by atoms with Gasteiger partial charge in [0.1, 0.15) is 18.0 Å². The van der Waals surface area contributed by atoms with E-state index in [0.717, 1.165) is 49.3 Å². The Balaban J connectivity index is 1.40. The van der Waals surface area contributed by atoms with Crippen LogP contribution in [0.4, 0.5) is 5.82 Å². The second kappa shape index (κ2) is 11.2. The predicted molar refractivity (Wildman–Crippen MR) is 117 cm³/mol. The van der Waals surface area contributed by atoms with Crippen molar-refractivity contribution in [3.05, 3.63) is 53.5 Å². The molecule has 0 bridgehead atoms. The summed E-state index contributed by atoms with van der Waals surface area (Å²) in [6, 6.07) is 7.21. The number of aryl methyl sites for hydroxylation is 2. The van der Waals surface area contributed by atoms with Crippen LogP contribution < -0.4 is 16.0 Å². The molecule has 3 N–H and O–H groups in total. The van der Waals surface area contributed by atoms with E-state index in [0.29, 0.717) is 6.54 Å². The highest BCUT2D eigenvalue weighted by Gasteiger charge is 2.18. The van der Waals surface area contributed by atoms with E-state index in [9.17, 15) is 14.4 Å². The molecule has 0 aliphatic carbocycles. The fourth-order valence-corrected chi connectivity index (χ4v) is 3.58. The van der Waals surface area contributed by atoms with E-state index in [1.807, 2.05) is 6.07 Å². The molecule has 0 radical (unpaired) electrons. The molecule has 0 aromatic carbocycles. The predicted octanol–water partition coefficient (Wildman–Crippen LogP) is 2.11. The molecule has 2 aromatic rings. The summed E-state index contributed by atoms with van der Waals surface area (Å²) in [5.41, 5.74) is 2.98. The van der Waals surface area contributed by atoms with Gasteiger partial charge in [-0.25, -0.2) is 4.98 Å². The van der Waals surface area contributed by atoms with Gasteiger partial charge in [-0.15, -0.1) is 0 Å². The summed E-state index contributed by atoms with van der Waals surface area (Å²) in [5.74, 6) is 0.156. The maximum absolute atomic E-state index is 12.3. The van der Waals surface area contributed by atoms with E-state index in [1.54, 1.807) is 24.5 Å². The van der Waals surface area contributed by atoms with Gasteiger partial charge < -0.3 is 16.0 Å². The zero-order valence-corrected chi connectivity index (χ0v) is 17.8. The number of carbonyl (C=O) groups is 3. The lowest BCUT2D eigenvalue weighted by Crippen LogP contribution is -2.35. The third kappa shape index (κ3) is 7.16. The zero-order valence-electron chi connectivity index (χ0n) is 17.8. The van der Waals surface area contributed by atoms with Crippen molar-refractivity contribution in [2.45, 2.75) is 51.5 Å². The van der Waals surface area contributed by atoms with Crippen molar-refractivity contribution in [1.29, 1.82) is 0 Å². The smallest absolute Gasteiger partial charge is 0.229 e. The molecule has 0 fully saturated rings. The normalized spacial score (nSPS) is 13.5. The van der Waals surface area contributed by atoms with Gasteiger partial charge in [-0.05, 0) is 55.9 Å². The van der Waals surface area contributed by atoms with Crippen LogP contribution in [0.2, 0.25) is 0 Å². The minimum Gasteiger partial charge on any atom is -0.370 e. The minimum absolute atomic E-state index is 0.0513. The molecule has 2 aromatic heterocycles. The number of nitrogens with zero attached hydrogens (tertiary/aromatic N) is 2. The van der Waals surface area contributed by atoms with Crippen molar-refractivity contribution in [2.75, 3.05) is 18.4 Å². The van der Waals surface area contributed by atoms with Gasteiger partial charge in [0.2, 0.25) is 11.8 Å². The molecule has 1 aliphatic rings. The molecule has 0 saturated carbocycles. The molecule has 1 unspecified atom stereocenters. The van der Waals surface area contributed by atoms with E-state index >= 15 is 0 Å². The number of amides is 2. The van der Waals surface area contributed by atoms with Gasteiger partial charge in [0.05, 0.1) is 6.04 Å². The van der Waals surface area contributed by atoms with Crippen molar-refractivity contribution < 1.29 is 14.4 Å². The first kappa shape index (κ1) is 22.4. The molecular formula is C23H29N5O3. The number of pyridine rings is 2. The highest BCUT2D eigenvalue weighted by Crippen LogP contribution is 2.20. The number of fused-ring (bicyclic) bond motifs is 1. The van der Waals surface area contributed by atoms with Crippen molar-refractivity contribution in [3.63, 3.8) is 0 Å². The third-order valence-corrected chi connectivity index (χ3v) is 5.12. The lowest BCUT2D eigenvalue weighted by Gasteiger charge is -2.18. The Morgan fingerprint density at radius 2 is 2.06 bits per heavy atom. The van der Waals surface area contributed by atoms with Crippen LogP contribution >= 0.6 is 0 Å². The molecule has 164 valence electrons. The SMILES string of the molecule is CC(=O)CC(NC(=O)CC(=O)NCCCc1ccc2c(n1)NCCC2)c1cccnc1. The fraction of sp³-hybridized carbons (Fsp3) is 0.435. The van der Waals surface area contributed by atoms with Crippen LogP contribution in [-0.2, 0) is 27.2 Å². The van der Waals surface area contributed by atoms with Crippen LogP contribution in [0.3, 0.4) is 0 Å². The summed E-state index contributed by atoms with van der Waals surface area (Å²) in [4.78, 5) is 44.6. The Kier molecular flexibility index (Phi) is 8.09. The molecule has 2 amide bonds. The molecule has 8 heteroatoms. The van der Waals surface area contributed by atoms with Gasteiger partial charge in [-0.3, -0.25) is 19.4 Å². The first-order chi connectivity index (χ1) is 15.0. The molecule has 31 heavy (non-hydrogen) atoms. The highest BCUT2D eigenvalue weighted by molar-refractivity contribution is 5.97. The number of hydrogen-bond donors (Lipinski definition) is 3. The van der Waals surface area contributed by atoms with Crippen LogP contribution in [0.15, 0.2) is 36.7 Å². The molecule has 0 saturated heterocycles. The van der Waals surface area contributed by atoms with E-state index in [2.05, 4.69) is 32.0 Å². The Morgan fingerprint density at radius 3 is 2.84 bits per heavy atom. The average molecular weight is 424 g/mol. The summed E-state index contributed by atoms with van der Waals surface area (Å²) < 4.78 is 0. The summed E-state index contributed by atoms with van der Waals surface area (Å²) in [7, 11) is 0. The molecule has 3 heterocycles. The van der Waals surface area contributed by atoms with Crippen LogP contribution in [0.5, 0.6) is 0 Å². The van der Waals surface area contributed by atoms with E-state index in [4.69, 9.17) is 0 Å². The standard InChI is InChI=1S/C23H29N5O3/c1-16(29)13-20(18-6-2-10-24-15-18)28-22(31)14-21(30)25-11-4-7-19-9-8-17-5-3-12-26-23(17)27-19/h2,6,8-10,15,20H,3-5,7,11-14H2,1H3,(H,25,30)(H,26,27)(H,28,31). The number of aromatic nitrogens is 2. The largest absolute Gasteiger partial charge is 0.370 e. The van der Waals surface area contributed by atoms with Crippen LogP contribution in [0.25, 0.3) is 0 Å². The molecular weight excluding hydrogens is 394 g/mol. The van der Waals surface area contributed by atoms with Gasteiger partial charge in [-0.1, -0.05) is 12.1 Å². The molecule has 0 spiro atoms. The highest BCUT2D eigenvalue weighted by atomic mass is 16.2. The van der Waals surface area contributed by atoms with Crippen LogP contribution in [-0.4, -0.2) is 40.7 Å². The molecule has 1 aliphatic heterocycles. The third-order valence-electron chi connectivity index (χ3n) is 5.12. The topological polar surface area (TPSA) is 113 Å². The number of anilines is 1. The maximum atomic E-state index is 12.3. The summed E-state index contributed by atoms with van der Waals surface area (Å²) in [5, 5.41) is 8.86. The number of ketones is 1. The fourth-order valence-electron chi connectivity index (χ4n) is 3.58. The van der Waals surface area contributed by atoms with E-state index < -0.39 is 11.9 Å². The number of Topliss-reactive ketones (excluding diaryl/α,β-unsaturated/α-hetero) is 1. The lowest BCUT2D eigenvalue weighted by molar-refractivity contribution is -0.129. The first-order valence-electron chi connectivity index (χ1n) is 10.7. The average Bonchev–Trinajstić information content (AvgIpc) is 2.76. The van der Waals surface area contributed by atoms with Gasteiger partial charge in [0, 0.05) is 37.6 Å². The van der Waals surface area contributed by atoms with Crippen molar-refractivity contribution in [2.24, 2.45) is 0 Å². The summed E-state index contributed by atoms with van der Waals surface area (Å²) in [6.07, 6.45) is 6.79. The number of hydrogen-bond acceptors (Lipinski definition) is 6. The Morgan fingerprint density at radius 1 is 1.19 bits per heavy atom. The summed E-state index contributed by atoms with van der Waals surface area (Å²) >= 11 is 0. The lowest BCUT2D eigenvalue weighted by atomic mass is 10.0. The summed E-state index contributed by atoms with van der Waals surface area (Å²) in [6.45, 7) is 2.89. The molecule has 1 atom stereocenters. The van der Waals surface area contributed by atoms with Gasteiger partial charge >= 0.3 is 0 Å². The van der Waals surface area contributed by atoms with Crippen LogP contribution in [0.1, 0.15) is 55.5 Å². The number of rotatable bonds is 10. The van der Waals surface area contributed by atoms with Gasteiger partial charge in [-0.2, -0.15) is 0 Å². The first-order valence-corrected chi connectivity index (χ1v) is 10.7. The number of carbonyl (C=O) groups excluding carboxylic acids is 3. The monoisotopic (exact) mass is 423 g/mol. The Hall–Kier alpha value is -3.29. The zero-order chi connectivity index (χ0) is 22.1. The van der Waals surface area contributed by atoms with Crippen molar-refractivity contribution in [3.8, 4) is 0 Å². The second-order valence-electron chi connectivity index (χ2n) is 7.78. The maximum Gasteiger partial charge on any atom is 0.229 e. The van der Waals surface area contributed by atoms with Crippen molar-refractivity contribution >= 4 is 23.4 Å². The molecule has 8 nitrogen and oxygen atoms in total. The Labute approximate surface area is 182 Å². The molecule has 3 rings (SSSR count). The Bertz CT molecular complexity index is 917. The van der Waals surface area contributed by atoms with Gasteiger partial charge in [0.25, 0.3) is 0 Å². The minimum atomic E-state index is -0.491. The quantitative estimate of drug-likeness (QED) is 0.398. The van der Waals surface area contributed by atoms with Crippen molar-refractivity contribution in [1.82, 2.24) is 20.6 Å². The van der Waals surface area contributed by atoms with E-state index in [-0.39, 0.29) is 24.5 Å². The van der Waals surface area contributed by atoms with Gasteiger partial charge in [0.15, 0.2) is 0 Å². The van der Waals surface area contributed by atoms with Crippen LogP contribution in [0, 0.1) is 0 Å². The van der Waals surface area contributed by atoms with E-state index in [1.165, 1.54) is 12.5 Å². The number of nitrogens with one attached hydrogen (secondary N) is 3. The second-order valence-corrected chi connectivity index (χ2v) is 7.78.